The van der Waals surface area contributed by atoms with E-state index in [-0.39, 0.29) is 0 Å². The van der Waals surface area contributed by atoms with E-state index in [1.54, 1.807) is 0 Å². The fourth-order valence-corrected chi connectivity index (χ4v) is 1.76. The van der Waals surface area contributed by atoms with Crippen molar-refractivity contribution < 1.29 is 4.74 Å². The Balaban J connectivity index is 2.61. The molecule has 0 fully saturated rings. The molecule has 0 bridgehead atoms. The van der Waals surface area contributed by atoms with Gasteiger partial charge in [0.2, 0.25) is 0 Å². The Morgan fingerprint density at radius 3 is 2.76 bits per heavy atom. The van der Waals surface area contributed by atoms with Crippen LogP contribution in [0.25, 0.3) is 0 Å². The molecule has 0 aliphatic rings. The first-order valence-electron chi connectivity index (χ1n) is 5.95. The van der Waals surface area contributed by atoms with Gasteiger partial charge in [-0.05, 0) is 38.1 Å². The van der Waals surface area contributed by atoms with E-state index in [0.717, 1.165) is 24.4 Å². The topological polar surface area (TPSA) is 36.3 Å². The van der Waals surface area contributed by atoms with Crippen LogP contribution in [0.15, 0.2) is 18.2 Å². The molecule has 0 atom stereocenters. The smallest absolute Gasteiger partial charge is 0.122 e. The van der Waals surface area contributed by atoms with Gasteiger partial charge >= 0.3 is 0 Å². The summed E-state index contributed by atoms with van der Waals surface area (Å²) in [5, 5.41) is 8.53. The van der Waals surface area contributed by atoms with Gasteiger partial charge in [-0.15, -0.1) is 0 Å². The molecule has 1 aromatic carbocycles. The molecule has 0 unspecified atom stereocenters. The van der Waals surface area contributed by atoms with Crippen LogP contribution < -0.4 is 4.74 Å². The maximum atomic E-state index is 8.53. The summed E-state index contributed by atoms with van der Waals surface area (Å²) in [6, 6.07) is 8.41. The van der Waals surface area contributed by atoms with E-state index in [2.05, 4.69) is 30.0 Å². The lowest BCUT2D eigenvalue weighted by Crippen LogP contribution is -2.18. The van der Waals surface area contributed by atoms with Crippen molar-refractivity contribution in [2.24, 2.45) is 0 Å². The molecule has 0 heterocycles. The molecule has 1 aromatic rings. The van der Waals surface area contributed by atoms with Crippen molar-refractivity contribution in [3.8, 4) is 11.8 Å². The van der Waals surface area contributed by atoms with E-state index < -0.39 is 0 Å². The average Bonchev–Trinajstić information content (AvgIpc) is 2.30. The molecular weight excluding hydrogens is 212 g/mol. The molecule has 0 radical (unpaired) electrons. The Kier molecular flexibility index (Phi) is 5.51. The maximum absolute atomic E-state index is 8.53. The standard InChI is InChI=1S/C14H20N2O/c1-4-17-14-7-6-13(10-12(14)2)11-16(3)9-5-8-15/h6-7,10H,4-5,9,11H2,1-3H3. The van der Waals surface area contributed by atoms with Gasteiger partial charge in [0, 0.05) is 19.5 Å². The zero-order chi connectivity index (χ0) is 12.7. The van der Waals surface area contributed by atoms with Crippen molar-refractivity contribution in [1.29, 1.82) is 5.26 Å². The third-order valence-corrected chi connectivity index (χ3v) is 2.60. The lowest BCUT2D eigenvalue weighted by atomic mass is 10.1. The molecule has 0 spiro atoms. The van der Waals surface area contributed by atoms with Crippen LogP contribution >= 0.6 is 0 Å². The second kappa shape index (κ2) is 6.93. The maximum Gasteiger partial charge on any atom is 0.122 e. The minimum atomic E-state index is 0.576. The molecule has 3 nitrogen and oxygen atoms in total. The normalized spacial score (nSPS) is 10.3. The molecule has 0 saturated heterocycles. The van der Waals surface area contributed by atoms with Crippen LogP contribution in [0, 0.1) is 18.3 Å². The van der Waals surface area contributed by atoms with E-state index in [1.165, 1.54) is 5.56 Å². The molecule has 1 rings (SSSR count). The predicted octanol–water partition coefficient (Wildman–Crippen LogP) is 2.74. The number of hydrogen-bond donors (Lipinski definition) is 0. The van der Waals surface area contributed by atoms with Gasteiger partial charge in [0.1, 0.15) is 5.75 Å². The summed E-state index contributed by atoms with van der Waals surface area (Å²) in [6.07, 6.45) is 0.576. The molecule has 0 saturated carbocycles. The van der Waals surface area contributed by atoms with Crippen LogP contribution in [0.2, 0.25) is 0 Å². The van der Waals surface area contributed by atoms with Crippen LogP contribution in [-0.4, -0.2) is 25.1 Å². The fourth-order valence-electron chi connectivity index (χ4n) is 1.76. The van der Waals surface area contributed by atoms with Crippen molar-refractivity contribution in [2.45, 2.75) is 26.8 Å². The molecule has 0 N–H and O–H groups in total. The van der Waals surface area contributed by atoms with Crippen LogP contribution in [0.3, 0.4) is 0 Å². The number of benzene rings is 1. The Morgan fingerprint density at radius 2 is 2.18 bits per heavy atom. The summed E-state index contributed by atoms with van der Waals surface area (Å²) < 4.78 is 5.50. The van der Waals surface area contributed by atoms with E-state index in [0.29, 0.717) is 13.0 Å². The molecule has 0 amide bonds. The third kappa shape index (κ3) is 4.46. The van der Waals surface area contributed by atoms with E-state index in [9.17, 15) is 0 Å². The van der Waals surface area contributed by atoms with Gasteiger partial charge < -0.3 is 9.64 Å². The van der Waals surface area contributed by atoms with Crippen LogP contribution in [0.1, 0.15) is 24.5 Å². The minimum Gasteiger partial charge on any atom is -0.494 e. The fraction of sp³-hybridized carbons (Fsp3) is 0.500. The first kappa shape index (κ1) is 13.5. The van der Waals surface area contributed by atoms with Crippen LogP contribution in [-0.2, 0) is 6.54 Å². The van der Waals surface area contributed by atoms with E-state index in [1.807, 2.05) is 20.0 Å². The number of nitrogens with zero attached hydrogens (tertiary/aromatic N) is 2. The summed E-state index contributed by atoms with van der Waals surface area (Å²) in [4.78, 5) is 2.15. The highest BCUT2D eigenvalue weighted by Gasteiger charge is 2.03. The van der Waals surface area contributed by atoms with E-state index in [4.69, 9.17) is 10.00 Å². The molecule has 0 aliphatic heterocycles. The molecule has 0 aromatic heterocycles. The van der Waals surface area contributed by atoms with Gasteiger partial charge in [-0.3, -0.25) is 0 Å². The van der Waals surface area contributed by atoms with Crippen LogP contribution in [0.5, 0.6) is 5.75 Å². The minimum absolute atomic E-state index is 0.576. The summed E-state index contributed by atoms with van der Waals surface area (Å²) >= 11 is 0. The Bertz CT molecular complexity index is 396. The first-order valence-corrected chi connectivity index (χ1v) is 5.95. The lowest BCUT2D eigenvalue weighted by Gasteiger charge is -2.16. The zero-order valence-corrected chi connectivity index (χ0v) is 10.9. The van der Waals surface area contributed by atoms with Gasteiger partial charge in [0.15, 0.2) is 0 Å². The highest BCUT2D eigenvalue weighted by atomic mass is 16.5. The third-order valence-electron chi connectivity index (χ3n) is 2.60. The number of nitriles is 1. The molecule has 3 heteroatoms. The number of ether oxygens (including phenoxy) is 1. The molecule has 92 valence electrons. The summed E-state index contributed by atoms with van der Waals surface area (Å²) in [6.45, 7) is 6.42. The largest absolute Gasteiger partial charge is 0.494 e. The van der Waals surface area contributed by atoms with Crippen molar-refractivity contribution in [1.82, 2.24) is 4.90 Å². The summed E-state index contributed by atoms with van der Waals surface area (Å²) in [5.41, 5.74) is 2.42. The van der Waals surface area contributed by atoms with Gasteiger partial charge in [-0.25, -0.2) is 0 Å². The molecule has 17 heavy (non-hydrogen) atoms. The first-order chi connectivity index (χ1) is 8.17. The van der Waals surface area contributed by atoms with Crippen molar-refractivity contribution >= 4 is 0 Å². The Labute approximate surface area is 104 Å². The quantitative estimate of drug-likeness (QED) is 0.756. The van der Waals surface area contributed by atoms with Gasteiger partial charge in [-0.2, -0.15) is 5.26 Å². The highest BCUT2D eigenvalue weighted by molar-refractivity contribution is 5.36. The Morgan fingerprint density at radius 1 is 1.41 bits per heavy atom. The summed E-state index contributed by atoms with van der Waals surface area (Å²) in [7, 11) is 2.03. The SMILES string of the molecule is CCOc1ccc(CN(C)CCC#N)cc1C. The lowest BCUT2D eigenvalue weighted by molar-refractivity contribution is 0.330. The molecule has 0 aliphatic carbocycles. The van der Waals surface area contributed by atoms with Gasteiger partial charge in [-0.1, -0.05) is 12.1 Å². The van der Waals surface area contributed by atoms with Crippen molar-refractivity contribution in [3.63, 3.8) is 0 Å². The predicted molar refractivity (Wildman–Crippen MR) is 68.9 cm³/mol. The zero-order valence-electron chi connectivity index (χ0n) is 10.9. The average molecular weight is 232 g/mol. The molecular formula is C14H20N2O. The summed E-state index contributed by atoms with van der Waals surface area (Å²) in [5.74, 6) is 0.955. The van der Waals surface area contributed by atoms with Crippen molar-refractivity contribution in [3.05, 3.63) is 29.3 Å². The second-order valence-corrected chi connectivity index (χ2v) is 4.18. The number of rotatable bonds is 6. The number of hydrogen-bond acceptors (Lipinski definition) is 3. The van der Waals surface area contributed by atoms with Crippen molar-refractivity contribution in [2.75, 3.05) is 20.2 Å². The van der Waals surface area contributed by atoms with Gasteiger partial charge in [0.25, 0.3) is 0 Å². The monoisotopic (exact) mass is 232 g/mol. The Hall–Kier alpha value is -1.53. The highest BCUT2D eigenvalue weighted by Crippen LogP contribution is 2.19. The van der Waals surface area contributed by atoms with Gasteiger partial charge in [0.05, 0.1) is 12.7 Å². The number of aryl methyl sites for hydroxylation is 1. The van der Waals surface area contributed by atoms with E-state index >= 15 is 0 Å². The van der Waals surface area contributed by atoms with Crippen LogP contribution in [0.4, 0.5) is 0 Å². The second-order valence-electron chi connectivity index (χ2n) is 4.18.